The summed E-state index contributed by atoms with van der Waals surface area (Å²) < 4.78 is 16.7. The van der Waals surface area contributed by atoms with Crippen LogP contribution >= 0.6 is 11.3 Å². The first-order valence-corrected chi connectivity index (χ1v) is 7.76. The molecule has 2 aromatic heterocycles. The van der Waals surface area contributed by atoms with Gasteiger partial charge in [0.1, 0.15) is 5.82 Å². The second kappa shape index (κ2) is 4.89. The molecule has 4 aromatic rings. The SMILES string of the molecule is Cc1ccc(F)c(-c2cn3c(n2)sc2cc(C(=O)O)ccc23)c1. The van der Waals surface area contributed by atoms with Crippen molar-refractivity contribution in [2.75, 3.05) is 0 Å². The zero-order valence-electron chi connectivity index (χ0n) is 12.1. The van der Waals surface area contributed by atoms with Crippen LogP contribution in [0.15, 0.2) is 42.6 Å². The van der Waals surface area contributed by atoms with Crippen molar-refractivity contribution in [3.63, 3.8) is 0 Å². The number of halogens is 1. The maximum absolute atomic E-state index is 14.0. The van der Waals surface area contributed by atoms with Gasteiger partial charge >= 0.3 is 5.97 Å². The Labute approximate surface area is 134 Å². The van der Waals surface area contributed by atoms with Crippen LogP contribution in [0.25, 0.3) is 26.4 Å². The van der Waals surface area contributed by atoms with Gasteiger partial charge in [0.05, 0.1) is 21.5 Å². The van der Waals surface area contributed by atoms with Crippen molar-refractivity contribution in [3.05, 3.63) is 59.5 Å². The topological polar surface area (TPSA) is 54.6 Å². The first kappa shape index (κ1) is 13.9. The third-order valence-electron chi connectivity index (χ3n) is 3.74. The van der Waals surface area contributed by atoms with Crippen LogP contribution in [-0.2, 0) is 0 Å². The van der Waals surface area contributed by atoms with Crippen molar-refractivity contribution < 1.29 is 14.3 Å². The van der Waals surface area contributed by atoms with Gasteiger partial charge in [-0.2, -0.15) is 0 Å². The molecule has 0 bridgehead atoms. The molecule has 0 spiro atoms. The van der Waals surface area contributed by atoms with Crippen LogP contribution in [0.5, 0.6) is 0 Å². The number of fused-ring (bicyclic) bond motifs is 3. The van der Waals surface area contributed by atoms with Gasteiger partial charge in [0.25, 0.3) is 0 Å². The summed E-state index contributed by atoms with van der Waals surface area (Å²) in [4.78, 5) is 16.2. The molecule has 4 rings (SSSR count). The van der Waals surface area contributed by atoms with Crippen molar-refractivity contribution in [3.8, 4) is 11.3 Å². The number of nitrogens with zero attached hydrogens (tertiary/aromatic N) is 2. The minimum Gasteiger partial charge on any atom is -0.478 e. The summed E-state index contributed by atoms with van der Waals surface area (Å²) in [7, 11) is 0. The second-order valence-electron chi connectivity index (χ2n) is 5.35. The molecule has 0 saturated carbocycles. The summed E-state index contributed by atoms with van der Waals surface area (Å²) in [5.41, 5.74) is 3.11. The Morgan fingerprint density at radius 3 is 2.87 bits per heavy atom. The number of carboxylic acid groups (broad SMARTS) is 1. The Balaban J connectivity index is 1.92. The fourth-order valence-corrected chi connectivity index (χ4v) is 3.65. The molecule has 2 heterocycles. The van der Waals surface area contributed by atoms with Crippen molar-refractivity contribution in [2.24, 2.45) is 0 Å². The number of imidazole rings is 1. The molecule has 6 heteroatoms. The average molecular weight is 326 g/mol. The first-order valence-electron chi connectivity index (χ1n) is 6.94. The first-order chi connectivity index (χ1) is 11.0. The number of carbonyl (C=O) groups is 1. The number of thiazole rings is 1. The maximum Gasteiger partial charge on any atom is 0.335 e. The number of aromatic carboxylic acids is 1. The zero-order valence-corrected chi connectivity index (χ0v) is 12.9. The summed E-state index contributed by atoms with van der Waals surface area (Å²) >= 11 is 1.38. The van der Waals surface area contributed by atoms with Crippen LogP contribution in [0, 0.1) is 12.7 Å². The highest BCUT2D eigenvalue weighted by atomic mass is 32.1. The highest BCUT2D eigenvalue weighted by molar-refractivity contribution is 7.23. The van der Waals surface area contributed by atoms with Crippen LogP contribution in [0.1, 0.15) is 15.9 Å². The molecule has 0 aliphatic carbocycles. The molecule has 0 aliphatic heterocycles. The number of carboxylic acids is 1. The molecular weight excluding hydrogens is 315 g/mol. The van der Waals surface area contributed by atoms with Gasteiger partial charge < -0.3 is 5.11 Å². The van der Waals surface area contributed by atoms with E-state index in [1.54, 1.807) is 36.5 Å². The zero-order chi connectivity index (χ0) is 16.1. The maximum atomic E-state index is 14.0. The lowest BCUT2D eigenvalue weighted by Crippen LogP contribution is -1.94. The van der Waals surface area contributed by atoms with Gasteiger partial charge in [0.15, 0.2) is 4.96 Å². The molecule has 0 atom stereocenters. The van der Waals surface area contributed by atoms with Crippen molar-refractivity contribution in [1.82, 2.24) is 9.38 Å². The number of rotatable bonds is 2. The van der Waals surface area contributed by atoms with Crippen LogP contribution in [-0.4, -0.2) is 20.5 Å². The van der Waals surface area contributed by atoms with E-state index in [2.05, 4.69) is 4.98 Å². The summed E-state index contributed by atoms with van der Waals surface area (Å²) in [5, 5.41) is 9.06. The Morgan fingerprint density at radius 2 is 2.09 bits per heavy atom. The molecule has 114 valence electrons. The van der Waals surface area contributed by atoms with E-state index < -0.39 is 5.97 Å². The fraction of sp³-hybridized carbons (Fsp3) is 0.0588. The van der Waals surface area contributed by atoms with Gasteiger partial charge in [-0.05, 0) is 37.3 Å². The predicted molar refractivity (Wildman–Crippen MR) is 87.7 cm³/mol. The largest absolute Gasteiger partial charge is 0.478 e. The highest BCUT2D eigenvalue weighted by Crippen LogP contribution is 2.31. The van der Waals surface area contributed by atoms with Gasteiger partial charge in [0.2, 0.25) is 0 Å². The van der Waals surface area contributed by atoms with E-state index in [1.165, 1.54) is 17.4 Å². The third kappa shape index (κ3) is 2.19. The minimum absolute atomic E-state index is 0.243. The molecule has 0 aliphatic rings. The lowest BCUT2D eigenvalue weighted by Gasteiger charge is -2.00. The average Bonchev–Trinajstić information content (AvgIpc) is 3.06. The van der Waals surface area contributed by atoms with Gasteiger partial charge in [-0.15, -0.1) is 0 Å². The fourth-order valence-electron chi connectivity index (χ4n) is 2.60. The molecule has 0 fully saturated rings. The molecule has 0 saturated heterocycles. The van der Waals surface area contributed by atoms with E-state index in [0.717, 1.165) is 15.8 Å². The van der Waals surface area contributed by atoms with E-state index in [1.807, 2.05) is 11.3 Å². The third-order valence-corrected chi connectivity index (χ3v) is 4.76. The molecule has 4 nitrogen and oxygen atoms in total. The van der Waals surface area contributed by atoms with E-state index in [-0.39, 0.29) is 11.4 Å². The molecule has 0 radical (unpaired) electrons. The van der Waals surface area contributed by atoms with Gasteiger partial charge in [-0.1, -0.05) is 23.0 Å². The summed E-state index contributed by atoms with van der Waals surface area (Å²) in [6.45, 7) is 1.91. The standard InChI is InChI=1S/C17H11FN2O2S/c1-9-2-4-12(18)11(6-9)13-8-20-14-5-3-10(16(21)22)7-15(14)23-17(20)19-13/h2-8H,1H3,(H,21,22). The monoisotopic (exact) mass is 326 g/mol. The van der Waals surface area contributed by atoms with Crippen LogP contribution in [0.4, 0.5) is 4.39 Å². The Kier molecular flexibility index (Phi) is 2.96. The Bertz CT molecular complexity index is 1080. The lowest BCUT2D eigenvalue weighted by molar-refractivity contribution is 0.0697. The quantitative estimate of drug-likeness (QED) is 0.595. The number of hydrogen-bond donors (Lipinski definition) is 1. The number of aromatic nitrogens is 2. The molecule has 1 N–H and O–H groups in total. The Morgan fingerprint density at radius 1 is 1.26 bits per heavy atom. The van der Waals surface area contributed by atoms with Crippen molar-refractivity contribution in [1.29, 1.82) is 0 Å². The smallest absolute Gasteiger partial charge is 0.335 e. The normalized spacial score (nSPS) is 11.4. The second-order valence-corrected chi connectivity index (χ2v) is 6.36. The summed E-state index contributed by atoms with van der Waals surface area (Å²) in [6, 6.07) is 9.87. The minimum atomic E-state index is -0.958. The Hall–Kier alpha value is -2.73. The summed E-state index contributed by atoms with van der Waals surface area (Å²) in [6.07, 6.45) is 1.78. The van der Waals surface area contributed by atoms with Crippen molar-refractivity contribution >= 4 is 32.5 Å². The van der Waals surface area contributed by atoms with Crippen molar-refractivity contribution in [2.45, 2.75) is 6.92 Å². The van der Waals surface area contributed by atoms with E-state index >= 15 is 0 Å². The summed E-state index contributed by atoms with van der Waals surface area (Å²) in [5.74, 6) is -1.26. The molecule has 23 heavy (non-hydrogen) atoms. The van der Waals surface area contributed by atoms with E-state index in [0.29, 0.717) is 16.2 Å². The van der Waals surface area contributed by atoms with Crippen LogP contribution in [0.3, 0.4) is 0 Å². The van der Waals surface area contributed by atoms with Gasteiger partial charge in [0, 0.05) is 11.8 Å². The predicted octanol–water partition coefficient (Wildman–Crippen LogP) is 4.36. The molecule has 2 aromatic carbocycles. The molecule has 0 unspecified atom stereocenters. The lowest BCUT2D eigenvalue weighted by atomic mass is 10.1. The van der Waals surface area contributed by atoms with E-state index in [9.17, 15) is 9.18 Å². The van der Waals surface area contributed by atoms with Gasteiger partial charge in [-0.25, -0.2) is 14.2 Å². The van der Waals surface area contributed by atoms with Crippen LogP contribution in [0.2, 0.25) is 0 Å². The van der Waals surface area contributed by atoms with Crippen LogP contribution < -0.4 is 0 Å². The van der Waals surface area contributed by atoms with E-state index in [4.69, 9.17) is 5.11 Å². The number of hydrogen-bond acceptors (Lipinski definition) is 3. The molecule has 0 amide bonds. The van der Waals surface area contributed by atoms with Gasteiger partial charge in [-0.3, -0.25) is 4.40 Å². The highest BCUT2D eigenvalue weighted by Gasteiger charge is 2.14. The number of aryl methyl sites for hydroxylation is 1. The number of benzene rings is 2. The molecular formula is C17H11FN2O2S.